The summed E-state index contributed by atoms with van der Waals surface area (Å²) in [5.41, 5.74) is -2.21. The molecule has 0 bridgehead atoms. The number of fused-ring (bicyclic) bond motifs is 1. The highest BCUT2D eigenvalue weighted by Gasteiger charge is 2.49. The van der Waals surface area contributed by atoms with Gasteiger partial charge in [-0.25, -0.2) is 9.59 Å². The maximum atomic E-state index is 13.4. The second kappa shape index (κ2) is 11.6. The number of amides is 1. The van der Waals surface area contributed by atoms with Crippen molar-refractivity contribution in [3.05, 3.63) is 92.5 Å². The summed E-state index contributed by atoms with van der Waals surface area (Å²) in [6.07, 6.45) is -5.49. The molecule has 1 amide bonds. The lowest BCUT2D eigenvalue weighted by molar-refractivity contribution is -0.147. The minimum absolute atomic E-state index is 0.0227. The van der Waals surface area contributed by atoms with Crippen molar-refractivity contribution >= 4 is 23.7 Å². The summed E-state index contributed by atoms with van der Waals surface area (Å²) in [5, 5.41) is 2.42. The van der Waals surface area contributed by atoms with E-state index in [1.165, 1.54) is 12.1 Å². The van der Waals surface area contributed by atoms with Crippen LogP contribution in [-0.4, -0.2) is 28.2 Å². The third kappa shape index (κ3) is 6.22. The first-order valence-electron chi connectivity index (χ1n) is 12.2. The van der Waals surface area contributed by atoms with Crippen LogP contribution in [-0.2, 0) is 39.2 Å². The van der Waals surface area contributed by atoms with Crippen LogP contribution in [0.2, 0.25) is 5.15 Å². The Labute approximate surface area is 231 Å². The highest BCUT2D eigenvalue weighted by Crippen LogP contribution is 2.42. The molecule has 1 aliphatic rings. The van der Waals surface area contributed by atoms with Gasteiger partial charge in [0.25, 0.3) is 5.88 Å². The van der Waals surface area contributed by atoms with Gasteiger partial charge in [0.2, 0.25) is 0 Å². The maximum absolute atomic E-state index is 13.4. The number of alkyl halides is 3. The molecule has 212 valence electrons. The first-order chi connectivity index (χ1) is 18.9. The number of nitrogens with one attached hydrogen (secondary N) is 1. The van der Waals surface area contributed by atoms with E-state index in [0.29, 0.717) is 0 Å². The summed E-state index contributed by atoms with van der Waals surface area (Å²) >= 11 is 6.46. The number of rotatable bonds is 8. The number of nitrogens with zero attached hydrogens (tertiary/aromatic N) is 2. The lowest BCUT2D eigenvalue weighted by Crippen LogP contribution is -2.43. The number of carbonyl (C=O) groups excluding carboxylic acids is 2. The minimum atomic E-state index is -4.56. The number of esters is 1. The topological polar surface area (TPSA) is 109 Å². The molecule has 4 rings (SSSR count). The minimum Gasteiger partial charge on any atom is -0.469 e. The Kier molecular flexibility index (Phi) is 8.38. The van der Waals surface area contributed by atoms with E-state index in [0.717, 1.165) is 22.3 Å². The van der Waals surface area contributed by atoms with Crippen molar-refractivity contribution in [2.45, 2.75) is 51.2 Å². The van der Waals surface area contributed by atoms with Crippen LogP contribution in [0, 0.1) is 0 Å². The fraction of sp³-hybridized carbons (Fsp3) is 0.333. The average Bonchev–Trinajstić information content (AvgIpc) is 3.22. The first-order valence-corrected chi connectivity index (χ1v) is 12.6. The van der Waals surface area contributed by atoms with Crippen LogP contribution >= 0.6 is 11.6 Å². The Bertz CT molecular complexity index is 1460. The smallest absolute Gasteiger partial charge is 0.416 e. The monoisotopic (exact) mass is 579 g/mol. The van der Waals surface area contributed by atoms with Gasteiger partial charge in [-0.2, -0.15) is 18.2 Å². The molecule has 13 heteroatoms. The van der Waals surface area contributed by atoms with Crippen LogP contribution in [0.1, 0.15) is 48.7 Å². The number of ether oxygens (including phenoxy) is 3. The Hall–Kier alpha value is -4.06. The Balaban J connectivity index is 1.62. The van der Waals surface area contributed by atoms with Gasteiger partial charge in [0.05, 0.1) is 23.4 Å². The summed E-state index contributed by atoms with van der Waals surface area (Å²) in [4.78, 5) is 43.0. The van der Waals surface area contributed by atoms with E-state index in [1.807, 2.05) is 6.07 Å². The first kappa shape index (κ1) is 28.9. The van der Waals surface area contributed by atoms with Crippen LogP contribution in [0.25, 0.3) is 0 Å². The number of halogens is 4. The fourth-order valence-electron chi connectivity index (χ4n) is 4.46. The Morgan fingerprint density at radius 3 is 2.48 bits per heavy atom. The molecule has 0 saturated carbocycles. The normalized spacial score (nSPS) is 18.1. The molecular weight excluding hydrogens is 555 g/mol. The molecule has 2 aromatic carbocycles. The average molecular weight is 580 g/mol. The van der Waals surface area contributed by atoms with E-state index in [9.17, 15) is 27.6 Å². The fourth-order valence-corrected chi connectivity index (χ4v) is 4.84. The molecule has 0 unspecified atom stereocenters. The third-order valence-electron chi connectivity index (χ3n) is 6.25. The van der Waals surface area contributed by atoms with Gasteiger partial charge in [-0.3, -0.25) is 9.36 Å². The number of alkyl carbamates (subject to hydrolysis) is 1. The van der Waals surface area contributed by atoms with Crippen molar-refractivity contribution in [3.63, 3.8) is 0 Å². The molecule has 0 spiro atoms. The summed E-state index contributed by atoms with van der Waals surface area (Å²) in [7, 11) is 0. The molecule has 2 heterocycles. The maximum Gasteiger partial charge on any atom is 0.416 e. The largest absolute Gasteiger partial charge is 0.469 e. The van der Waals surface area contributed by atoms with Crippen molar-refractivity contribution in [2.75, 3.05) is 6.61 Å². The molecule has 1 aromatic heterocycles. The summed E-state index contributed by atoms with van der Waals surface area (Å²) in [6, 6.07) is 12.2. The molecule has 0 fully saturated rings. The van der Waals surface area contributed by atoms with Crippen molar-refractivity contribution in [1.82, 2.24) is 14.9 Å². The Morgan fingerprint density at radius 1 is 1.10 bits per heavy atom. The lowest BCUT2D eigenvalue weighted by atomic mass is 9.95. The van der Waals surface area contributed by atoms with Crippen molar-refractivity contribution < 1.29 is 37.0 Å². The predicted octanol–water partition coefficient (Wildman–Crippen LogP) is 5.14. The molecule has 3 aromatic rings. The highest BCUT2D eigenvalue weighted by atomic mass is 35.5. The molecule has 0 saturated heterocycles. The summed E-state index contributed by atoms with van der Waals surface area (Å²) < 4.78 is 56.2. The van der Waals surface area contributed by atoms with Gasteiger partial charge in [0.1, 0.15) is 19.3 Å². The summed E-state index contributed by atoms with van der Waals surface area (Å²) in [6.45, 7) is 2.73. The number of benzene rings is 2. The van der Waals surface area contributed by atoms with Gasteiger partial charge < -0.3 is 19.5 Å². The number of hydrogen-bond acceptors (Lipinski definition) is 7. The quantitative estimate of drug-likeness (QED) is 0.368. The highest BCUT2D eigenvalue weighted by molar-refractivity contribution is 6.30. The van der Waals surface area contributed by atoms with E-state index >= 15 is 0 Å². The predicted molar refractivity (Wildman–Crippen MR) is 137 cm³/mol. The number of hydrogen-bond donors (Lipinski definition) is 1. The molecule has 1 N–H and O–H groups in total. The van der Waals surface area contributed by atoms with Crippen LogP contribution in [0.5, 0.6) is 5.88 Å². The second-order valence-electron chi connectivity index (χ2n) is 9.21. The van der Waals surface area contributed by atoms with Gasteiger partial charge in [0, 0.05) is 6.42 Å². The molecule has 0 radical (unpaired) electrons. The van der Waals surface area contributed by atoms with Gasteiger partial charge >= 0.3 is 23.8 Å². The molecule has 40 heavy (non-hydrogen) atoms. The number of aromatic nitrogens is 2. The Morgan fingerprint density at radius 2 is 1.80 bits per heavy atom. The van der Waals surface area contributed by atoms with Crippen molar-refractivity contribution in [1.29, 1.82) is 0 Å². The van der Waals surface area contributed by atoms with Crippen LogP contribution in [0.4, 0.5) is 18.0 Å². The van der Waals surface area contributed by atoms with Crippen molar-refractivity contribution in [3.8, 4) is 5.88 Å². The molecular formula is C27H25ClF3N3O6. The second-order valence-corrected chi connectivity index (χ2v) is 9.57. The van der Waals surface area contributed by atoms with Gasteiger partial charge in [-0.15, -0.1) is 0 Å². The lowest BCUT2D eigenvalue weighted by Gasteiger charge is -2.26. The zero-order valence-corrected chi connectivity index (χ0v) is 22.2. The summed E-state index contributed by atoms with van der Waals surface area (Å²) in [5.74, 6) is -1.28. The number of carbonyl (C=O) groups is 2. The van der Waals surface area contributed by atoms with Gasteiger partial charge in [-0.1, -0.05) is 54.1 Å². The van der Waals surface area contributed by atoms with E-state index in [1.54, 1.807) is 38.1 Å². The van der Waals surface area contributed by atoms with Gasteiger partial charge in [0.15, 0.2) is 5.15 Å². The van der Waals surface area contributed by atoms with E-state index in [-0.39, 0.29) is 36.0 Å². The molecule has 0 aliphatic carbocycles. The molecule has 9 nitrogen and oxygen atoms in total. The SMILES string of the molecule is CCOC(=O)[C@@H]1C[C@@](C)(NC(=O)OCc2ccccc2)c2c(Cl)nc(OCc3cccc(C(F)(F)F)c3)c(=O)n21. The van der Waals surface area contributed by atoms with E-state index < -0.39 is 53.4 Å². The van der Waals surface area contributed by atoms with Crippen LogP contribution < -0.4 is 15.6 Å². The van der Waals surface area contributed by atoms with Crippen LogP contribution in [0.15, 0.2) is 59.4 Å². The van der Waals surface area contributed by atoms with Crippen molar-refractivity contribution in [2.24, 2.45) is 0 Å². The zero-order chi connectivity index (χ0) is 29.1. The van der Waals surface area contributed by atoms with E-state index in [2.05, 4.69) is 10.3 Å². The molecule has 1 aliphatic heterocycles. The van der Waals surface area contributed by atoms with E-state index in [4.69, 9.17) is 25.8 Å². The van der Waals surface area contributed by atoms with Gasteiger partial charge in [-0.05, 0) is 37.1 Å². The standard InChI is InChI=1S/C27H25ClF3N3O6/c1-3-38-24(36)19-13-26(2,33-25(37)40-14-16-8-5-4-6-9-16)20-21(28)32-22(23(35)34(19)20)39-15-17-10-7-11-18(12-17)27(29,30)31/h4-12,19H,3,13-15H2,1-2H3,(H,33,37)/t19-,26+/m0/s1. The molecule has 2 atom stereocenters. The van der Waals surface area contributed by atoms with Crippen LogP contribution in [0.3, 0.4) is 0 Å². The zero-order valence-electron chi connectivity index (χ0n) is 21.5. The third-order valence-corrected chi connectivity index (χ3v) is 6.52.